The highest BCUT2D eigenvalue weighted by Crippen LogP contribution is 2.30. The average Bonchev–Trinajstić information content (AvgIpc) is 2.99. The third kappa shape index (κ3) is 2.61. The first-order chi connectivity index (χ1) is 8.22. The molecule has 0 amide bonds. The second kappa shape index (κ2) is 4.55. The Kier molecular flexibility index (Phi) is 3.06. The van der Waals surface area contributed by atoms with E-state index in [1.54, 1.807) is 0 Å². The molecule has 1 aliphatic rings. The maximum absolute atomic E-state index is 5.95. The monoisotopic (exact) mass is 329 g/mol. The molecule has 1 saturated carbocycles. The lowest BCUT2D eigenvalue weighted by Gasteiger charge is -1.99. The van der Waals surface area contributed by atoms with Crippen molar-refractivity contribution in [2.45, 2.75) is 18.9 Å². The van der Waals surface area contributed by atoms with Crippen LogP contribution in [0.25, 0.3) is 11.4 Å². The summed E-state index contributed by atoms with van der Waals surface area (Å²) in [5.74, 6) is 0.746. The molecule has 17 heavy (non-hydrogen) atoms. The van der Waals surface area contributed by atoms with E-state index >= 15 is 0 Å². The van der Waals surface area contributed by atoms with E-state index in [9.17, 15) is 0 Å². The van der Waals surface area contributed by atoms with Crippen LogP contribution < -0.4 is 5.32 Å². The minimum Gasteiger partial charge on any atom is -0.358 e. The van der Waals surface area contributed by atoms with E-state index in [2.05, 4.69) is 30.6 Å². The molecule has 3 rings (SSSR count). The molecule has 0 radical (unpaired) electrons. The minimum atomic E-state index is 0.604. The lowest BCUT2D eigenvalue weighted by Crippen LogP contribution is -1.99. The van der Waals surface area contributed by atoms with E-state index in [0.717, 1.165) is 21.0 Å². The first-order valence-electron chi connectivity index (χ1n) is 5.28. The second-order valence-corrected chi connectivity index (χ2v) is 5.98. The molecule has 1 fully saturated rings. The van der Waals surface area contributed by atoms with Crippen molar-refractivity contribution in [3.63, 3.8) is 0 Å². The third-order valence-corrected chi connectivity index (χ3v) is 4.37. The fourth-order valence-corrected chi connectivity index (χ4v) is 2.60. The van der Waals surface area contributed by atoms with Gasteiger partial charge < -0.3 is 5.32 Å². The van der Waals surface area contributed by atoms with Crippen molar-refractivity contribution in [3.8, 4) is 11.4 Å². The van der Waals surface area contributed by atoms with Gasteiger partial charge in [0.25, 0.3) is 0 Å². The van der Waals surface area contributed by atoms with Gasteiger partial charge in [0.15, 0.2) is 5.82 Å². The number of rotatable bonds is 3. The number of nitrogens with one attached hydrogen (secondary N) is 1. The molecule has 0 unspecified atom stereocenters. The van der Waals surface area contributed by atoms with Gasteiger partial charge in [-0.05, 0) is 47.0 Å². The van der Waals surface area contributed by atoms with Crippen LogP contribution in [0.2, 0.25) is 5.02 Å². The van der Waals surface area contributed by atoms with Gasteiger partial charge in [0, 0.05) is 27.6 Å². The Balaban J connectivity index is 1.86. The Bertz CT molecular complexity index is 553. The van der Waals surface area contributed by atoms with Crippen LogP contribution in [0, 0.1) is 0 Å². The molecule has 88 valence electrons. The van der Waals surface area contributed by atoms with Gasteiger partial charge in [-0.25, -0.2) is 0 Å². The Labute approximate surface area is 117 Å². The van der Waals surface area contributed by atoms with Gasteiger partial charge in [-0.2, -0.15) is 9.36 Å². The number of aromatic nitrogens is 2. The van der Waals surface area contributed by atoms with Crippen molar-refractivity contribution >= 4 is 44.2 Å². The normalized spacial score (nSPS) is 14.9. The summed E-state index contributed by atoms with van der Waals surface area (Å²) >= 11 is 10.8. The Morgan fingerprint density at radius 3 is 2.94 bits per heavy atom. The molecule has 0 atom stereocenters. The zero-order valence-corrected chi connectivity index (χ0v) is 11.9. The van der Waals surface area contributed by atoms with Crippen LogP contribution in [0.1, 0.15) is 12.8 Å². The number of halogens is 2. The van der Waals surface area contributed by atoms with E-state index in [1.807, 2.05) is 18.2 Å². The van der Waals surface area contributed by atoms with E-state index in [4.69, 9.17) is 11.6 Å². The third-order valence-electron chi connectivity index (χ3n) is 2.51. The maximum atomic E-state index is 5.95. The van der Waals surface area contributed by atoms with E-state index in [1.165, 1.54) is 24.4 Å². The minimum absolute atomic E-state index is 0.604. The predicted octanol–water partition coefficient (Wildman–Crippen LogP) is 4.20. The fourth-order valence-electron chi connectivity index (χ4n) is 1.44. The standard InChI is InChI=1S/C11H9BrClN3S/c12-8-5-6(1-4-9(8)13)10-15-11(17-16-10)14-7-2-3-7/h1,4-5,7H,2-3H2,(H,14,15,16). The summed E-state index contributed by atoms with van der Waals surface area (Å²) in [7, 11) is 0. The SMILES string of the molecule is Clc1ccc(-c2nsc(NC3CC3)n2)cc1Br. The summed E-state index contributed by atoms with van der Waals surface area (Å²) in [6.07, 6.45) is 2.48. The summed E-state index contributed by atoms with van der Waals surface area (Å²) in [5, 5.41) is 4.93. The predicted molar refractivity (Wildman–Crippen MR) is 74.7 cm³/mol. The Hall–Kier alpha value is -0.650. The van der Waals surface area contributed by atoms with Crippen molar-refractivity contribution in [3.05, 3.63) is 27.7 Å². The molecule has 0 saturated heterocycles. The molecule has 0 aliphatic heterocycles. The smallest absolute Gasteiger partial charge is 0.203 e. The van der Waals surface area contributed by atoms with Crippen molar-refractivity contribution in [2.24, 2.45) is 0 Å². The molecule has 1 aromatic carbocycles. The Morgan fingerprint density at radius 1 is 1.41 bits per heavy atom. The van der Waals surface area contributed by atoms with Gasteiger partial charge in [0.05, 0.1) is 5.02 Å². The molecule has 1 aliphatic carbocycles. The van der Waals surface area contributed by atoms with Gasteiger partial charge in [0.2, 0.25) is 5.13 Å². The van der Waals surface area contributed by atoms with Crippen molar-refractivity contribution < 1.29 is 0 Å². The highest BCUT2D eigenvalue weighted by atomic mass is 79.9. The van der Waals surface area contributed by atoms with Crippen LogP contribution in [-0.2, 0) is 0 Å². The maximum Gasteiger partial charge on any atom is 0.203 e. The summed E-state index contributed by atoms with van der Waals surface area (Å²) in [5.41, 5.74) is 0.973. The second-order valence-electron chi connectivity index (χ2n) is 3.97. The van der Waals surface area contributed by atoms with Gasteiger partial charge in [-0.1, -0.05) is 11.6 Å². The molecule has 1 N–H and O–H groups in total. The lowest BCUT2D eigenvalue weighted by atomic mass is 10.2. The first kappa shape index (κ1) is 11.4. The summed E-state index contributed by atoms with van der Waals surface area (Å²) in [6, 6.07) is 6.31. The molecule has 0 spiro atoms. The molecule has 0 bridgehead atoms. The summed E-state index contributed by atoms with van der Waals surface area (Å²) in [6.45, 7) is 0. The molecule has 1 aromatic heterocycles. The quantitative estimate of drug-likeness (QED) is 0.916. The molecule has 6 heteroatoms. The van der Waals surface area contributed by atoms with Gasteiger partial charge >= 0.3 is 0 Å². The molecule has 2 aromatic rings. The van der Waals surface area contributed by atoms with Crippen molar-refractivity contribution in [1.82, 2.24) is 9.36 Å². The first-order valence-corrected chi connectivity index (χ1v) is 7.22. The summed E-state index contributed by atoms with van der Waals surface area (Å²) in [4.78, 5) is 4.46. The highest BCUT2D eigenvalue weighted by Gasteiger charge is 2.22. The van der Waals surface area contributed by atoms with E-state index < -0.39 is 0 Å². The molecular formula is C11H9BrClN3S. The average molecular weight is 331 g/mol. The van der Waals surface area contributed by atoms with Crippen molar-refractivity contribution in [1.29, 1.82) is 0 Å². The van der Waals surface area contributed by atoms with Crippen LogP contribution in [0.4, 0.5) is 5.13 Å². The van der Waals surface area contributed by atoms with E-state index in [0.29, 0.717) is 11.1 Å². The molecule has 3 nitrogen and oxygen atoms in total. The number of anilines is 1. The van der Waals surface area contributed by atoms with Crippen molar-refractivity contribution in [2.75, 3.05) is 5.32 Å². The highest BCUT2D eigenvalue weighted by molar-refractivity contribution is 9.10. The summed E-state index contributed by atoms with van der Waals surface area (Å²) < 4.78 is 5.21. The lowest BCUT2D eigenvalue weighted by molar-refractivity contribution is 1.14. The largest absolute Gasteiger partial charge is 0.358 e. The van der Waals surface area contributed by atoms with Crippen LogP contribution in [0.3, 0.4) is 0 Å². The zero-order valence-electron chi connectivity index (χ0n) is 8.78. The number of hydrogen-bond donors (Lipinski definition) is 1. The molecule has 1 heterocycles. The van der Waals surface area contributed by atoms with Crippen LogP contribution in [-0.4, -0.2) is 15.4 Å². The topological polar surface area (TPSA) is 37.8 Å². The van der Waals surface area contributed by atoms with Crippen LogP contribution in [0.5, 0.6) is 0 Å². The van der Waals surface area contributed by atoms with Crippen LogP contribution in [0.15, 0.2) is 22.7 Å². The Morgan fingerprint density at radius 2 is 2.24 bits per heavy atom. The van der Waals surface area contributed by atoms with Gasteiger partial charge in [-0.3, -0.25) is 0 Å². The van der Waals surface area contributed by atoms with Gasteiger partial charge in [-0.15, -0.1) is 0 Å². The number of benzene rings is 1. The van der Waals surface area contributed by atoms with Crippen LogP contribution >= 0.6 is 39.1 Å². The zero-order chi connectivity index (χ0) is 11.8. The molecular weight excluding hydrogens is 322 g/mol. The number of nitrogens with zero attached hydrogens (tertiary/aromatic N) is 2. The number of hydrogen-bond acceptors (Lipinski definition) is 4. The van der Waals surface area contributed by atoms with E-state index in [-0.39, 0.29) is 0 Å². The van der Waals surface area contributed by atoms with Gasteiger partial charge in [0.1, 0.15) is 0 Å². The fraction of sp³-hybridized carbons (Fsp3) is 0.273.